The van der Waals surface area contributed by atoms with Gasteiger partial charge in [0, 0.05) is 0 Å². The zero-order chi connectivity index (χ0) is 29.6. The van der Waals surface area contributed by atoms with Gasteiger partial charge in [0.1, 0.15) is 0 Å². The Balaban J connectivity index is 0.920. The molecule has 0 saturated heterocycles. The largest absolute Gasteiger partial charge is 0.450 e. The van der Waals surface area contributed by atoms with Crippen LogP contribution < -0.4 is 20.7 Å². The highest BCUT2D eigenvalue weighted by Gasteiger charge is 2.09. The third-order valence-corrected chi connectivity index (χ3v) is 7.52. The van der Waals surface area contributed by atoms with Gasteiger partial charge in [0.05, 0.1) is 35.0 Å². The summed E-state index contributed by atoms with van der Waals surface area (Å²) in [5.41, 5.74) is 2.42. The molecule has 0 spiro atoms. The van der Waals surface area contributed by atoms with Crippen LogP contribution >= 0.6 is 0 Å². The maximum Gasteiger partial charge on any atom is 0.397 e. The van der Waals surface area contributed by atoms with E-state index < -0.39 is 11.3 Å². The molecule has 2 aromatic carbocycles. The van der Waals surface area contributed by atoms with E-state index in [4.69, 9.17) is 18.3 Å². The molecule has 4 rings (SSSR count). The maximum absolute atomic E-state index is 12.1. The topological polar surface area (TPSA) is 105 Å². The molecule has 0 aliphatic rings. The summed E-state index contributed by atoms with van der Waals surface area (Å²) in [6.45, 7) is 4.90. The Morgan fingerprint density at radius 2 is 0.857 bits per heavy atom. The molecular weight excluding hydrogens is 532 g/mol. The fraction of sp³-hybridized carbons (Fsp3) is 0.529. The summed E-state index contributed by atoms with van der Waals surface area (Å²) < 4.78 is 21.6. The Morgan fingerprint density at radius 1 is 0.524 bits per heavy atom. The van der Waals surface area contributed by atoms with Gasteiger partial charge in [-0.15, -0.1) is 0 Å². The number of hydrogen-bond donors (Lipinski definition) is 0. The van der Waals surface area contributed by atoms with E-state index in [1.807, 2.05) is 38.1 Å². The average Bonchev–Trinajstić information content (AvgIpc) is 2.97. The average molecular weight is 577 g/mol. The number of benzene rings is 2. The minimum absolute atomic E-state index is 0.0612. The van der Waals surface area contributed by atoms with E-state index >= 15 is 0 Å². The predicted molar refractivity (Wildman–Crippen MR) is 166 cm³/mol. The van der Waals surface area contributed by atoms with E-state index in [1.165, 1.54) is 64.2 Å². The highest BCUT2D eigenvalue weighted by molar-refractivity contribution is 5.78. The lowest BCUT2D eigenvalue weighted by molar-refractivity contribution is 0.211. The molecule has 0 fully saturated rings. The van der Waals surface area contributed by atoms with Gasteiger partial charge in [-0.1, -0.05) is 100 Å². The second-order valence-corrected chi connectivity index (χ2v) is 11.2. The first-order chi connectivity index (χ1) is 20.5. The van der Waals surface area contributed by atoms with Crippen LogP contribution in [0.2, 0.25) is 0 Å². The number of unbranched alkanes of at least 4 members (excludes halogenated alkanes) is 13. The number of rotatable bonds is 19. The smallest absolute Gasteiger partial charge is 0.397 e. The van der Waals surface area contributed by atoms with Crippen LogP contribution in [0.15, 0.2) is 54.8 Å². The summed E-state index contributed by atoms with van der Waals surface area (Å²) >= 11 is 0. The molecule has 0 atom stereocenters. The second kappa shape index (κ2) is 16.7. The van der Waals surface area contributed by atoms with Gasteiger partial charge in [-0.2, -0.15) is 9.97 Å². The van der Waals surface area contributed by atoms with Crippen molar-refractivity contribution in [2.24, 2.45) is 0 Å². The fourth-order valence-corrected chi connectivity index (χ4v) is 5.10. The summed E-state index contributed by atoms with van der Waals surface area (Å²) in [4.78, 5) is 32.8. The first kappa shape index (κ1) is 31.3. The summed E-state index contributed by atoms with van der Waals surface area (Å²) in [5, 5.41) is 0.981. The molecule has 8 heteroatoms. The molecule has 0 radical (unpaired) electrons. The van der Waals surface area contributed by atoms with E-state index in [9.17, 15) is 9.59 Å². The Morgan fingerprint density at radius 3 is 1.21 bits per heavy atom. The minimum atomic E-state index is -0.399. The lowest BCUT2D eigenvalue weighted by Crippen LogP contribution is -2.06. The molecule has 4 aromatic rings. The van der Waals surface area contributed by atoms with Gasteiger partial charge in [-0.05, 0) is 51.0 Å². The lowest BCUT2D eigenvalue weighted by Gasteiger charge is -2.06. The van der Waals surface area contributed by atoms with E-state index in [1.54, 1.807) is 12.1 Å². The van der Waals surface area contributed by atoms with E-state index in [0.29, 0.717) is 35.0 Å². The van der Waals surface area contributed by atoms with E-state index in [-0.39, 0.29) is 12.2 Å². The van der Waals surface area contributed by atoms with Crippen molar-refractivity contribution in [2.45, 2.75) is 104 Å². The third-order valence-electron chi connectivity index (χ3n) is 7.52. The monoisotopic (exact) mass is 576 g/mol. The molecule has 0 bridgehead atoms. The van der Waals surface area contributed by atoms with Crippen LogP contribution in [0.5, 0.6) is 12.2 Å². The molecule has 42 heavy (non-hydrogen) atoms. The number of fused-ring (bicyclic) bond motifs is 2. The number of ether oxygens (including phenoxy) is 2. The summed E-state index contributed by atoms with van der Waals surface area (Å²) in [5.74, 6) is 0. The van der Waals surface area contributed by atoms with Gasteiger partial charge < -0.3 is 18.3 Å². The number of hydrogen-bond acceptors (Lipinski definition) is 8. The normalized spacial score (nSPS) is 11.4. The van der Waals surface area contributed by atoms with Gasteiger partial charge in [-0.25, -0.2) is 9.59 Å². The number of aryl methyl sites for hydroxylation is 2. The van der Waals surface area contributed by atoms with Crippen molar-refractivity contribution in [1.29, 1.82) is 0 Å². The van der Waals surface area contributed by atoms with Crippen LogP contribution in [-0.4, -0.2) is 23.2 Å². The predicted octanol–water partition coefficient (Wildman–Crippen LogP) is 8.23. The molecule has 226 valence electrons. The SMILES string of the molecule is Cc1ccc2nc(OCCCCCCCCCCCCCCCCOc3nc4ccc(C)cc4c(=O)o3)oc(=O)c2c1. The summed E-state index contributed by atoms with van der Waals surface area (Å²) in [7, 11) is 0. The molecule has 8 nitrogen and oxygen atoms in total. The van der Waals surface area contributed by atoms with Crippen molar-refractivity contribution in [2.75, 3.05) is 13.2 Å². The Hall–Kier alpha value is -3.68. The van der Waals surface area contributed by atoms with Crippen molar-refractivity contribution in [1.82, 2.24) is 9.97 Å². The molecule has 0 N–H and O–H groups in total. The van der Waals surface area contributed by atoms with Crippen molar-refractivity contribution >= 4 is 21.8 Å². The van der Waals surface area contributed by atoms with Crippen LogP contribution in [-0.2, 0) is 0 Å². The van der Waals surface area contributed by atoms with Crippen LogP contribution in [0, 0.1) is 13.8 Å². The van der Waals surface area contributed by atoms with Gasteiger partial charge in [-0.3, -0.25) is 0 Å². The van der Waals surface area contributed by atoms with E-state index in [2.05, 4.69) is 9.97 Å². The molecule has 0 saturated carbocycles. The van der Waals surface area contributed by atoms with Gasteiger partial charge >= 0.3 is 23.4 Å². The molecule has 0 amide bonds. The fourth-order valence-electron chi connectivity index (χ4n) is 5.10. The van der Waals surface area contributed by atoms with E-state index in [0.717, 1.165) is 36.8 Å². The van der Waals surface area contributed by atoms with Gasteiger partial charge in [0.25, 0.3) is 0 Å². The highest BCUT2D eigenvalue weighted by atomic mass is 16.6. The lowest BCUT2D eigenvalue weighted by atomic mass is 10.0. The summed E-state index contributed by atoms with van der Waals surface area (Å²) in [6.07, 6.45) is 16.9. The van der Waals surface area contributed by atoms with Crippen LogP contribution in [0.4, 0.5) is 0 Å². The first-order valence-electron chi connectivity index (χ1n) is 15.6. The Kier molecular flexibility index (Phi) is 12.4. The standard InChI is InChI=1S/C34H44N2O6/c1-25-17-19-29-27(23-25)31(37)41-33(35-29)39-21-15-13-11-9-7-5-3-4-6-8-10-12-14-16-22-40-34-36-30-20-18-26(2)24-28(30)32(38)42-34/h17-20,23-24H,3-16,21-22H2,1-2H3. The summed E-state index contributed by atoms with van der Waals surface area (Å²) in [6, 6.07) is 11.1. The Labute approximate surface area is 247 Å². The maximum atomic E-state index is 12.1. The van der Waals surface area contributed by atoms with Crippen LogP contribution in [0.3, 0.4) is 0 Å². The Bertz CT molecular complexity index is 1410. The molecular formula is C34H44N2O6. The molecule has 0 unspecified atom stereocenters. The third kappa shape index (κ3) is 10.00. The molecule has 2 aromatic heterocycles. The van der Waals surface area contributed by atoms with Crippen molar-refractivity contribution < 1.29 is 18.3 Å². The second-order valence-electron chi connectivity index (χ2n) is 11.2. The number of aromatic nitrogens is 2. The van der Waals surface area contributed by atoms with Crippen molar-refractivity contribution in [3.63, 3.8) is 0 Å². The van der Waals surface area contributed by atoms with Gasteiger partial charge in [0.2, 0.25) is 0 Å². The number of nitrogens with zero attached hydrogens (tertiary/aromatic N) is 2. The highest BCUT2D eigenvalue weighted by Crippen LogP contribution is 2.17. The van der Waals surface area contributed by atoms with Crippen molar-refractivity contribution in [3.05, 3.63) is 68.4 Å². The molecule has 2 heterocycles. The zero-order valence-corrected chi connectivity index (χ0v) is 25.1. The zero-order valence-electron chi connectivity index (χ0n) is 25.1. The van der Waals surface area contributed by atoms with Gasteiger partial charge in [0.15, 0.2) is 0 Å². The quantitative estimate of drug-likeness (QED) is 0.103. The van der Waals surface area contributed by atoms with Crippen LogP contribution in [0.1, 0.15) is 101 Å². The minimum Gasteiger partial charge on any atom is -0.450 e. The molecule has 0 aliphatic heterocycles. The molecule has 0 aliphatic carbocycles. The van der Waals surface area contributed by atoms with Crippen molar-refractivity contribution in [3.8, 4) is 12.2 Å². The van der Waals surface area contributed by atoms with Crippen LogP contribution in [0.25, 0.3) is 21.8 Å². The first-order valence-corrected chi connectivity index (χ1v) is 15.6.